The quantitative estimate of drug-likeness (QED) is 0.123. The van der Waals surface area contributed by atoms with E-state index in [0.717, 1.165) is 17.0 Å². The fourth-order valence-corrected chi connectivity index (χ4v) is 3.69. The van der Waals surface area contributed by atoms with Crippen molar-refractivity contribution < 1.29 is 29.7 Å². The normalized spacial score (nSPS) is 11.2. The van der Waals surface area contributed by atoms with E-state index in [1.807, 2.05) is 29.8 Å². The number of amidine groups is 1. The molecule has 0 aliphatic rings. The van der Waals surface area contributed by atoms with Crippen LogP contribution in [0.1, 0.15) is 35.1 Å². The predicted octanol–water partition coefficient (Wildman–Crippen LogP) is 2.44. The number of carbonyl (C=O) groups excluding carboxylic acids is 1. The van der Waals surface area contributed by atoms with E-state index in [9.17, 15) is 14.4 Å². The third kappa shape index (κ3) is 8.10. The molecule has 0 bridgehead atoms. The van der Waals surface area contributed by atoms with E-state index in [1.165, 1.54) is 11.8 Å². The summed E-state index contributed by atoms with van der Waals surface area (Å²) < 4.78 is 1.95. The lowest BCUT2D eigenvalue weighted by Crippen LogP contribution is -2.33. The number of benzene rings is 2. The maximum absolute atomic E-state index is 13.3. The molecule has 1 unspecified atom stereocenters. The number of carbonyl (C=O) groups is 3. The Morgan fingerprint density at radius 1 is 1.07 bits per heavy atom. The number of hydrogen-bond donors (Lipinski definition) is 6. The number of hydrogen-bond acceptors (Lipinski definition) is 8. The van der Waals surface area contributed by atoms with E-state index in [0.29, 0.717) is 29.0 Å². The average Bonchev–Trinajstić information content (AvgIpc) is 3.27. The molecule has 1 atom stereocenters. The van der Waals surface area contributed by atoms with Crippen LogP contribution in [0.5, 0.6) is 0 Å². The molecule has 1 amide bonds. The van der Waals surface area contributed by atoms with Crippen LogP contribution in [0.3, 0.4) is 0 Å². The second kappa shape index (κ2) is 13.7. The number of imidazole rings is 1. The molecule has 0 saturated carbocycles. The Bertz CT molecular complexity index is 1540. The van der Waals surface area contributed by atoms with Crippen LogP contribution in [-0.4, -0.2) is 66.2 Å². The molecule has 4 rings (SSSR count). The number of aliphatic carboxylic acids is 2. The van der Waals surface area contributed by atoms with E-state index in [-0.39, 0.29) is 24.7 Å². The predicted molar refractivity (Wildman–Crippen MR) is 153 cm³/mol. The summed E-state index contributed by atoms with van der Waals surface area (Å²) >= 11 is 0. The summed E-state index contributed by atoms with van der Waals surface area (Å²) in [6.45, 7) is 1.65. The van der Waals surface area contributed by atoms with Crippen LogP contribution in [0.4, 0.5) is 11.5 Å². The van der Waals surface area contributed by atoms with Gasteiger partial charge in [-0.15, -0.1) is 0 Å². The van der Waals surface area contributed by atoms with Gasteiger partial charge in [-0.05, 0) is 61.5 Å². The van der Waals surface area contributed by atoms with Gasteiger partial charge in [-0.25, -0.2) is 14.8 Å². The number of pyridine rings is 1. The number of nitrogen functional groups attached to an aromatic ring is 1. The number of aliphatic hydroxyl groups excluding tert-OH is 1. The second-order valence-electron chi connectivity index (χ2n) is 8.94. The molecule has 4 aromatic rings. The molecule has 214 valence electrons. The summed E-state index contributed by atoms with van der Waals surface area (Å²) in [4.78, 5) is 44.2. The second-order valence-corrected chi connectivity index (χ2v) is 8.94. The molecule has 0 aliphatic heterocycles. The minimum atomic E-state index is -1.23. The number of aryl methyl sites for hydroxylation is 1. The van der Waals surface area contributed by atoms with Gasteiger partial charge in [-0.2, -0.15) is 0 Å². The topological polar surface area (TPSA) is 208 Å². The Hall–Kier alpha value is -5.30. The maximum atomic E-state index is 13.3. The number of rotatable bonds is 10. The Labute approximate surface area is 235 Å². The zero-order valence-electron chi connectivity index (χ0n) is 22.5. The molecule has 0 fully saturated rings. The summed E-state index contributed by atoms with van der Waals surface area (Å²) in [5.74, 6) is -1.35. The van der Waals surface area contributed by atoms with Gasteiger partial charge in [-0.1, -0.05) is 6.07 Å². The van der Waals surface area contributed by atoms with Gasteiger partial charge >= 0.3 is 11.9 Å². The van der Waals surface area contributed by atoms with Crippen molar-refractivity contribution in [1.29, 1.82) is 5.41 Å². The molecule has 0 spiro atoms. The monoisotopic (exact) mass is 561 g/mol. The van der Waals surface area contributed by atoms with Crippen LogP contribution in [0, 0.1) is 5.41 Å². The molecule has 2 heterocycles. The zero-order chi connectivity index (χ0) is 30.1. The number of nitrogens with two attached hydrogens (primary N) is 1. The largest absolute Gasteiger partial charge is 0.481 e. The Kier molecular flexibility index (Phi) is 10.1. The first kappa shape index (κ1) is 30.2. The van der Waals surface area contributed by atoms with Crippen LogP contribution in [0.25, 0.3) is 11.0 Å². The van der Waals surface area contributed by atoms with Crippen molar-refractivity contribution >= 4 is 46.2 Å². The van der Waals surface area contributed by atoms with Crippen LogP contribution < -0.4 is 16.0 Å². The molecule has 0 aliphatic carbocycles. The average molecular weight is 562 g/mol. The van der Waals surface area contributed by atoms with Crippen molar-refractivity contribution in [2.75, 3.05) is 16.8 Å². The molecule has 41 heavy (non-hydrogen) atoms. The highest BCUT2D eigenvalue weighted by molar-refractivity contribution is 6.07. The van der Waals surface area contributed by atoms with E-state index in [1.54, 1.807) is 48.7 Å². The van der Waals surface area contributed by atoms with Crippen LogP contribution >= 0.6 is 0 Å². The van der Waals surface area contributed by atoms with E-state index >= 15 is 0 Å². The fraction of sp³-hybridized carbons (Fsp3) is 0.214. The Morgan fingerprint density at radius 2 is 1.73 bits per heavy atom. The van der Waals surface area contributed by atoms with Crippen molar-refractivity contribution in [1.82, 2.24) is 14.5 Å². The summed E-state index contributed by atoms with van der Waals surface area (Å²) in [5.41, 5.74) is 8.92. The van der Waals surface area contributed by atoms with Gasteiger partial charge in [0.05, 0.1) is 24.0 Å². The summed E-state index contributed by atoms with van der Waals surface area (Å²) in [7, 11) is 1.90. The highest BCUT2D eigenvalue weighted by Crippen LogP contribution is 2.21. The van der Waals surface area contributed by atoms with Crippen molar-refractivity contribution in [3.05, 3.63) is 83.8 Å². The van der Waals surface area contributed by atoms with Gasteiger partial charge in [0.2, 0.25) is 0 Å². The van der Waals surface area contributed by atoms with Gasteiger partial charge < -0.3 is 30.9 Å². The van der Waals surface area contributed by atoms with Gasteiger partial charge in [0, 0.05) is 36.6 Å². The third-order valence-corrected chi connectivity index (χ3v) is 5.94. The van der Waals surface area contributed by atoms with Gasteiger partial charge in [-0.3, -0.25) is 19.9 Å². The minimum absolute atomic E-state index is 0.00300. The van der Waals surface area contributed by atoms with E-state index < -0.39 is 18.0 Å². The first-order valence-corrected chi connectivity index (χ1v) is 12.5. The zero-order valence-corrected chi connectivity index (χ0v) is 22.5. The number of carboxylic acids is 2. The van der Waals surface area contributed by atoms with Crippen molar-refractivity contribution in [3.8, 4) is 0 Å². The number of anilines is 2. The lowest BCUT2D eigenvalue weighted by atomic mass is 10.1. The highest BCUT2D eigenvalue weighted by Gasteiger charge is 2.21. The van der Waals surface area contributed by atoms with Gasteiger partial charge in [0.25, 0.3) is 5.91 Å². The third-order valence-electron chi connectivity index (χ3n) is 5.94. The number of fused-ring (bicyclic) bond motifs is 1. The lowest BCUT2D eigenvalue weighted by Gasteiger charge is -2.21. The Morgan fingerprint density at radius 3 is 2.29 bits per heavy atom. The number of aliphatic hydroxyl groups is 1. The molecule has 13 nitrogen and oxygen atoms in total. The fourth-order valence-electron chi connectivity index (χ4n) is 3.69. The van der Waals surface area contributed by atoms with Crippen LogP contribution in [0.15, 0.2) is 66.9 Å². The number of aromatic nitrogens is 3. The smallest absolute Gasteiger partial charge is 0.332 e. The number of amides is 1. The first-order chi connectivity index (χ1) is 19.5. The van der Waals surface area contributed by atoms with Crippen molar-refractivity contribution in [2.45, 2.75) is 26.0 Å². The molecule has 0 saturated heterocycles. The maximum Gasteiger partial charge on any atom is 0.332 e. The minimum Gasteiger partial charge on any atom is -0.481 e. The van der Waals surface area contributed by atoms with Crippen LogP contribution in [0.2, 0.25) is 0 Å². The molecule has 13 heteroatoms. The number of nitrogens with zero attached hydrogens (tertiary/aromatic N) is 4. The molecular weight excluding hydrogens is 530 g/mol. The van der Waals surface area contributed by atoms with E-state index in [2.05, 4.69) is 15.3 Å². The number of carboxylic acid groups (broad SMARTS) is 2. The summed E-state index contributed by atoms with van der Waals surface area (Å²) in [5, 5.41) is 35.7. The first-order valence-electron chi connectivity index (χ1n) is 12.5. The molecule has 2 aromatic carbocycles. The van der Waals surface area contributed by atoms with Crippen LogP contribution in [-0.2, 0) is 23.2 Å². The SMILES string of the molecule is CC(O)C(=O)O.Cn1c(CNc2ccc(C(=N)N)cc2)nc2cc(C(=O)N(CCC(=O)O)c3ccccn3)ccc21. The molecule has 7 N–H and O–H groups in total. The van der Waals surface area contributed by atoms with E-state index in [4.69, 9.17) is 26.5 Å². The van der Waals surface area contributed by atoms with Crippen molar-refractivity contribution in [2.24, 2.45) is 12.8 Å². The Balaban J connectivity index is 0.000000696. The number of nitrogens with one attached hydrogen (secondary N) is 2. The van der Waals surface area contributed by atoms with Gasteiger partial charge in [0.1, 0.15) is 23.6 Å². The van der Waals surface area contributed by atoms with Gasteiger partial charge in [0.15, 0.2) is 0 Å². The standard InChI is InChI=1S/C25H25N7O3.C3H6O3/c1-31-20-10-7-17(25(35)32(13-11-23(33)34)21-4-2-3-12-28-21)14-19(20)30-22(31)15-29-18-8-5-16(6-9-18)24(26)27;1-2(4)3(5)6/h2-10,12,14,29H,11,13,15H2,1H3,(H3,26,27)(H,33,34);2,4H,1H3,(H,5,6). The molecule has 2 aromatic heterocycles. The summed E-state index contributed by atoms with van der Waals surface area (Å²) in [6.07, 6.45) is 0.132. The highest BCUT2D eigenvalue weighted by atomic mass is 16.4. The lowest BCUT2D eigenvalue weighted by molar-refractivity contribution is -0.145. The molecule has 0 radical (unpaired) electrons. The van der Waals surface area contributed by atoms with Crippen molar-refractivity contribution in [3.63, 3.8) is 0 Å². The molecular formula is C28H31N7O6. The summed E-state index contributed by atoms with van der Waals surface area (Å²) in [6, 6.07) is 17.6.